The lowest BCUT2D eigenvalue weighted by Gasteiger charge is -2.47. The number of hydrogen-bond acceptors (Lipinski definition) is 5. The second-order valence-corrected chi connectivity index (χ2v) is 8.54. The number of ketones is 1. The molecule has 9 heteroatoms. The first-order chi connectivity index (χ1) is 13.3. The summed E-state index contributed by atoms with van der Waals surface area (Å²) in [5.41, 5.74) is -0.547. The van der Waals surface area contributed by atoms with Gasteiger partial charge in [-0.3, -0.25) is 9.59 Å². The molecule has 158 valence electrons. The molecule has 0 saturated carbocycles. The van der Waals surface area contributed by atoms with Crippen LogP contribution in [0.3, 0.4) is 0 Å². The maximum atomic E-state index is 14.0. The standard InChI is InChI=1S/C20H20ClF3O5/c1-18(2)8-12(25)15-13(9-18)29-19(27,20(22,23)24)16(17(26)28-3)14(15)10-5-4-6-11(21)7-10/h4-7,14,16,27H,8-9H2,1-3H3/t14-,16-,19+/m1/s1. The van der Waals surface area contributed by atoms with Gasteiger partial charge in [-0.15, -0.1) is 0 Å². The number of carbonyl (C=O) groups is 2. The minimum Gasteiger partial charge on any atom is -0.469 e. The number of alkyl halides is 3. The van der Waals surface area contributed by atoms with Gasteiger partial charge in [0.2, 0.25) is 0 Å². The lowest BCUT2D eigenvalue weighted by molar-refractivity contribution is -0.378. The number of methoxy groups -OCH3 is 1. The van der Waals surface area contributed by atoms with Crippen LogP contribution in [0.4, 0.5) is 13.2 Å². The SMILES string of the molecule is COC(=O)[C@H]1[C@H](c2cccc(Cl)c2)C2=C(CC(C)(C)CC2=O)O[C@]1(O)C(F)(F)F. The molecule has 1 aliphatic heterocycles. The first kappa shape index (κ1) is 21.6. The van der Waals surface area contributed by atoms with Crippen LogP contribution in [0, 0.1) is 11.3 Å². The van der Waals surface area contributed by atoms with E-state index in [-0.39, 0.29) is 34.8 Å². The van der Waals surface area contributed by atoms with Crippen LogP contribution < -0.4 is 0 Å². The van der Waals surface area contributed by atoms with E-state index in [0.717, 1.165) is 7.11 Å². The van der Waals surface area contributed by atoms with Crippen molar-refractivity contribution in [2.45, 2.75) is 44.6 Å². The number of aliphatic hydroxyl groups is 1. The van der Waals surface area contributed by atoms with Crippen LogP contribution in [0.5, 0.6) is 0 Å². The summed E-state index contributed by atoms with van der Waals surface area (Å²) in [6.07, 6.45) is -5.27. The summed E-state index contributed by atoms with van der Waals surface area (Å²) in [5.74, 6) is -9.59. The van der Waals surface area contributed by atoms with Crippen molar-refractivity contribution in [1.29, 1.82) is 0 Å². The molecule has 3 atom stereocenters. The van der Waals surface area contributed by atoms with Gasteiger partial charge in [0.05, 0.1) is 7.11 Å². The third-order valence-electron chi connectivity index (χ3n) is 5.29. The molecule has 0 amide bonds. The predicted molar refractivity (Wildman–Crippen MR) is 96.8 cm³/mol. The van der Waals surface area contributed by atoms with Gasteiger partial charge < -0.3 is 14.6 Å². The fourth-order valence-electron chi connectivity index (χ4n) is 4.08. The van der Waals surface area contributed by atoms with Crippen LogP contribution in [0.1, 0.15) is 38.2 Å². The summed E-state index contributed by atoms with van der Waals surface area (Å²) < 4.78 is 51.5. The highest BCUT2D eigenvalue weighted by atomic mass is 35.5. The van der Waals surface area contributed by atoms with Crippen molar-refractivity contribution in [2.75, 3.05) is 7.11 Å². The molecule has 0 saturated heterocycles. The number of rotatable bonds is 2. The molecule has 5 nitrogen and oxygen atoms in total. The van der Waals surface area contributed by atoms with Crippen LogP contribution in [0.15, 0.2) is 35.6 Å². The second-order valence-electron chi connectivity index (χ2n) is 8.11. The summed E-state index contributed by atoms with van der Waals surface area (Å²) in [5, 5.41) is 10.8. The van der Waals surface area contributed by atoms with E-state index in [9.17, 15) is 27.9 Å². The number of esters is 1. The van der Waals surface area contributed by atoms with Crippen LogP contribution in [0.2, 0.25) is 5.02 Å². The van der Waals surface area contributed by atoms with E-state index < -0.39 is 41.0 Å². The monoisotopic (exact) mass is 432 g/mol. The van der Waals surface area contributed by atoms with Crippen molar-refractivity contribution in [1.82, 2.24) is 0 Å². The Balaban J connectivity index is 2.33. The molecule has 1 N–H and O–H groups in total. The average Bonchev–Trinajstić information content (AvgIpc) is 2.57. The highest BCUT2D eigenvalue weighted by molar-refractivity contribution is 6.30. The number of allylic oxidation sites excluding steroid dienone is 2. The Hall–Kier alpha value is -2.06. The highest BCUT2D eigenvalue weighted by Crippen LogP contribution is 2.56. The number of carbonyl (C=O) groups excluding carboxylic acids is 2. The molecule has 2 aliphatic rings. The lowest BCUT2D eigenvalue weighted by Crippen LogP contribution is -2.61. The number of ether oxygens (including phenoxy) is 2. The fraction of sp³-hybridized carbons (Fsp3) is 0.500. The van der Waals surface area contributed by atoms with Gasteiger partial charge in [0.25, 0.3) is 0 Å². The van der Waals surface area contributed by atoms with Crippen molar-refractivity contribution in [3.8, 4) is 0 Å². The van der Waals surface area contributed by atoms with Crippen molar-refractivity contribution < 1.29 is 37.3 Å². The Morgan fingerprint density at radius 1 is 1.31 bits per heavy atom. The zero-order valence-corrected chi connectivity index (χ0v) is 16.7. The zero-order chi connectivity index (χ0) is 21.8. The molecule has 0 bridgehead atoms. The number of Topliss-reactive ketones (excluding diaryl/α,β-unsaturated/α-hetero) is 1. The van der Waals surface area contributed by atoms with Crippen molar-refractivity contribution in [3.63, 3.8) is 0 Å². The topological polar surface area (TPSA) is 72.8 Å². The second kappa shape index (κ2) is 7.02. The van der Waals surface area contributed by atoms with E-state index in [1.165, 1.54) is 24.3 Å². The van der Waals surface area contributed by atoms with Gasteiger partial charge in [-0.25, -0.2) is 0 Å². The van der Waals surface area contributed by atoms with E-state index in [1.54, 1.807) is 13.8 Å². The third-order valence-corrected chi connectivity index (χ3v) is 5.53. The van der Waals surface area contributed by atoms with Gasteiger partial charge in [-0.05, 0) is 23.1 Å². The maximum Gasteiger partial charge on any atom is 0.456 e. The number of benzene rings is 1. The van der Waals surface area contributed by atoms with E-state index in [0.29, 0.717) is 0 Å². The molecular formula is C20H20ClF3O5. The predicted octanol–water partition coefficient (Wildman–Crippen LogP) is 4.14. The Morgan fingerprint density at radius 2 is 1.97 bits per heavy atom. The molecule has 3 rings (SSSR count). The molecule has 1 aromatic rings. The molecule has 29 heavy (non-hydrogen) atoms. The Bertz CT molecular complexity index is 892. The molecule has 0 spiro atoms. The maximum absolute atomic E-state index is 14.0. The molecule has 1 aromatic carbocycles. The molecule has 0 unspecified atom stereocenters. The zero-order valence-electron chi connectivity index (χ0n) is 16.0. The molecule has 1 aliphatic carbocycles. The lowest BCUT2D eigenvalue weighted by atomic mass is 9.66. The summed E-state index contributed by atoms with van der Waals surface area (Å²) in [7, 11) is 0.907. The minimum absolute atomic E-state index is 0.00256. The first-order valence-electron chi connectivity index (χ1n) is 8.88. The van der Waals surface area contributed by atoms with E-state index in [2.05, 4.69) is 4.74 Å². The van der Waals surface area contributed by atoms with Gasteiger partial charge in [-0.1, -0.05) is 37.6 Å². The van der Waals surface area contributed by atoms with Gasteiger partial charge in [0.1, 0.15) is 11.7 Å². The van der Waals surface area contributed by atoms with Crippen LogP contribution in [0.25, 0.3) is 0 Å². The molecular weight excluding hydrogens is 413 g/mol. The molecule has 0 fully saturated rings. The van der Waals surface area contributed by atoms with E-state index in [4.69, 9.17) is 16.3 Å². The van der Waals surface area contributed by atoms with Crippen molar-refractivity contribution in [3.05, 3.63) is 46.2 Å². The smallest absolute Gasteiger partial charge is 0.456 e. The normalized spacial score (nSPS) is 29.2. The van der Waals surface area contributed by atoms with Crippen molar-refractivity contribution >= 4 is 23.4 Å². The van der Waals surface area contributed by atoms with Crippen LogP contribution in [-0.4, -0.2) is 35.9 Å². The summed E-state index contributed by atoms with van der Waals surface area (Å²) in [4.78, 5) is 25.4. The van der Waals surface area contributed by atoms with Gasteiger partial charge in [0, 0.05) is 29.4 Å². The number of hydrogen-bond donors (Lipinski definition) is 1. The summed E-state index contributed by atoms with van der Waals surface area (Å²) >= 11 is 6.01. The Kier molecular flexibility index (Phi) is 5.24. The minimum atomic E-state index is -5.33. The van der Waals surface area contributed by atoms with Crippen molar-refractivity contribution in [2.24, 2.45) is 11.3 Å². The van der Waals surface area contributed by atoms with Crippen LogP contribution in [-0.2, 0) is 19.1 Å². The summed E-state index contributed by atoms with van der Waals surface area (Å²) in [6.45, 7) is 3.43. The fourth-order valence-corrected chi connectivity index (χ4v) is 4.27. The quantitative estimate of drug-likeness (QED) is 0.711. The van der Waals surface area contributed by atoms with Gasteiger partial charge in [-0.2, -0.15) is 13.2 Å². The third kappa shape index (κ3) is 3.64. The molecule has 1 heterocycles. The largest absolute Gasteiger partial charge is 0.469 e. The summed E-state index contributed by atoms with van der Waals surface area (Å²) in [6, 6.07) is 5.81. The van der Waals surface area contributed by atoms with Gasteiger partial charge >= 0.3 is 17.9 Å². The highest BCUT2D eigenvalue weighted by Gasteiger charge is 2.70. The first-order valence-corrected chi connectivity index (χ1v) is 9.26. The Labute approximate surface area is 170 Å². The Morgan fingerprint density at radius 3 is 2.52 bits per heavy atom. The van der Waals surface area contributed by atoms with E-state index in [1.807, 2.05) is 0 Å². The van der Waals surface area contributed by atoms with E-state index >= 15 is 0 Å². The number of halogens is 4. The molecule has 0 aromatic heterocycles. The average molecular weight is 433 g/mol. The van der Waals surface area contributed by atoms with Gasteiger partial charge in [0.15, 0.2) is 5.78 Å². The van der Waals surface area contributed by atoms with Crippen LogP contribution >= 0.6 is 11.6 Å². The molecule has 0 radical (unpaired) electrons.